The molecule has 1 amide bonds. The molecule has 6 heteroatoms. The van der Waals surface area contributed by atoms with Crippen LogP contribution in [0.3, 0.4) is 0 Å². The molecule has 1 rings (SSSR count). The van der Waals surface area contributed by atoms with Crippen molar-refractivity contribution < 1.29 is 4.79 Å². The number of nitrogens with one attached hydrogen (secondary N) is 2. The van der Waals surface area contributed by atoms with Gasteiger partial charge < -0.3 is 0 Å². The molecule has 0 fully saturated rings. The number of H-pyrrole nitrogens is 1. The second-order valence-corrected chi connectivity index (χ2v) is 3.46. The smallest absolute Gasteiger partial charge is 0.226 e. The van der Waals surface area contributed by atoms with E-state index in [1.165, 1.54) is 6.33 Å². The third-order valence-electron chi connectivity index (χ3n) is 1.43. The van der Waals surface area contributed by atoms with Crippen molar-refractivity contribution in [2.24, 2.45) is 0 Å². The van der Waals surface area contributed by atoms with Crippen molar-refractivity contribution in [2.45, 2.75) is 12.8 Å². The van der Waals surface area contributed by atoms with Crippen LogP contribution in [0.15, 0.2) is 6.33 Å². The Hall–Kier alpha value is -1.04. The van der Waals surface area contributed by atoms with Gasteiger partial charge in [0.1, 0.15) is 6.33 Å². The maximum atomic E-state index is 11.2. The zero-order valence-corrected chi connectivity index (χ0v) is 8.23. The van der Waals surface area contributed by atoms with Gasteiger partial charge in [-0.2, -0.15) is 21.8 Å². The zero-order valence-electron chi connectivity index (χ0n) is 7.41. The van der Waals surface area contributed by atoms with Crippen molar-refractivity contribution in [3.05, 3.63) is 6.33 Å². The molecule has 72 valence electrons. The molecular formula is C7H12N4OS. The first kappa shape index (κ1) is 10.0. The van der Waals surface area contributed by atoms with Gasteiger partial charge in [0.05, 0.1) is 0 Å². The lowest BCUT2D eigenvalue weighted by molar-refractivity contribution is -0.116. The summed E-state index contributed by atoms with van der Waals surface area (Å²) in [5.74, 6) is 1.39. The Bertz CT molecular complexity index is 249. The Balaban J connectivity index is 2.18. The number of carbonyl (C=O) groups is 1. The van der Waals surface area contributed by atoms with Crippen LogP contribution in [0.4, 0.5) is 5.95 Å². The quantitative estimate of drug-likeness (QED) is 0.692. The number of hydrogen-bond acceptors (Lipinski definition) is 4. The summed E-state index contributed by atoms with van der Waals surface area (Å²) in [7, 11) is 0. The van der Waals surface area contributed by atoms with Crippen molar-refractivity contribution in [3.8, 4) is 0 Å². The van der Waals surface area contributed by atoms with E-state index in [0.717, 1.165) is 12.2 Å². The second-order valence-electron chi connectivity index (χ2n) is 2.48. The first-order chi connectivity index (χ1) is 6.33. The van der Waals surface area contributed by atoms with Crippen LogP contribution in [0.1, 0.15) is 12.8 Å². The molecule has 0 spiro atoms. The monoisotopic (exact) mass is 200 g/mol. The van der Waals surface area contributed by atoms with Crippen LogP contribution in [0.2, 0.25) is 0 Å². The maximum absolute atomic E-state index is 11.2. The van der Waals surface area contributed by atoms with E-state index in [9.17, 15) is 4.79 Å². The van der Waals surface area contributed by atoms with E-state index >= 15 is 0 Å². The molecule has 13 heavy (non-hydrogen) atoms. The van der Waals surface area contributed by atoms with Crippen molar-refractivity contribution in [1.82, 2.24) is 15.2 Å². The molecule has 0 aliphatic carbocycles. The van der Waals surface area contributed by atoms with E-state index in [2.05, 4.69) is 20.5 Å². The lowest BCUT2D eigenvalue weighted by atomic mass is 10.3. The highest BCUT2D eigenvalue weighted by molar-refractivity contribution is 7.98. The fourth-order valence-corrected chi connectivity index (χ4v) is 1.27. The lowest BCUT2D eigenvalue weighted by Crippen LogP contribution is -2.12. The van der Waals surface area contributed by atoms with Crippen molar-refractivity contribution in [3.63, 3.8) is 0 Å². The Labute approximate surface area is 80.7 Å². The predicted molar refractivity (Wildman–Crippen MR) is 52.6 cm³/mol. The van der Waals surface area contributed by atoms with Gasteiger partial charge in [0.15, 0.2) is 0 Å². The first-order valence-corrected chi connectivity index (χ1v) is 5.36. The summed E-state index contributed by atoms with van der Waals surface area (Å²) in [5, 5.41) is 8.78. The number of thioether (sulfide) groups is 1. The fraction of sp³-hybridized carbons (Fsp3) is 0.571. The summed E-state index contributed by atoms with van der Waals surface area (Å²) >= 11 is 1.74. The Kier molecular flexibility index (Phi) is 4.31. The largest absolute Gasteiger partial charge is 0.295 e. The molecule has 0 unspecified atom stereocenters. The normalized spacial score (nSPS) is 9.92. The topological polar surface area (TPSA) is 70.7 Å². The Morgan fingerprint density at radius 3 is 3.23 bits per heavy atom. The van der Waals surface area contributed by atoms with Crippen LogP contribution < -0.4 is 5.32 Å². The Morgan fingerprint density at radius 1 is 1.77 bits per heavy atom. The molecule has 0 saturated carbocycles. The number of hydrogen-bond donors (Lipinski definition) is 2. The average molecular weight is 200 g/mol. The van der Waals surface area contributed by atoms with Crippen LogP contribution in [-0.2, 0) is 4.79 Å². The summed E-state index contributed by atoms with van der Waals surface area (Å²) in [4.78, 5) is 15.0. The molecule has 1 aromatic heterocycles. The molecule has 0 bridgehead atoms. The molecule has 0 aromatic carbocycles. The van der Waals surface area contributed by atoms with Crippen LogP contribution in [0.25, 0.3) is 0 Å². The number of amides is 1. The van der Waals surface area contributed by atoms with Gasteiger partial charge in [-0.05, 0) is 18.4 Å². The van der Waals surface area contributed by atoms with Crippen LogP contribution in [0, 0.1) is 0 Å². The molecule has 0 aliphatic heterocycles. The van der Waals surface area contributed by atoms with Gasteiger partial charge in [-0.25, -0.2) is 5.10 Å². The Morgan fingerprint density at radius 2 is 2.62 bits per heavy atom. The zero-order chi connectivity index (χ0) is 9.52. The predicted octanol–water partition coefficient (Wildman–Crippen LogP) is 0.886. The average Bonchev–Trinajstić information content (AvgIpc) is 2.57. The second kappa shape index (κ2) is 5.58. The summed E-state index contributed by atoms with van der Waals surface area (Å²) in [6.45, 7) is 0. The molecule has 2 N–H and O–H groups in total. The molecule has 1 heterocycles. The third kappa shape index (κ3) is 3.93. The van der Waals surface area contributed by atoms with E-state index in [1.807, 2.05) is 6.26 Å². The summed E-state index contributed by atoms with van der Waals surface area (Å²) in [6, 6.07) is 0. The van der Waals surface area contributed by atoms with Crippen molar-refractivity contribution in [2.75, 3.05) is 17.3 Å². The van der Waals surface area contributed by atoms with Crippen molar-refractivity contribution >= 4 is 23.6 Å². The first-order valence-electron chi connectivity index (χ1n) is 3.97. The summed E-state index contributed by atoms with van der Waals surface area (Å²) in [6.07, 6.45) is 4.80. The van der Waals surface area contributed by atoms with Gasteiger partial charge in [-0.1, -0.05) is 0 Å². The molecular weight excluding hydrogens is 188 g/mol. The number of aromatic amines is 1. The third-order valence-corrected chi connectivity index (χ3v) is 2.12. The van der Waals surface area contributed by atoms with Crippen LogP contribution in [0.5, 0.6) is 0 Å². The minimum Gasteiger partial charge on any atom is -0.295 e. The number of anilines is 1. The van der Waals surface area contributed by atoms with Crippen LogP contribution in [-0.4, -0.2) is 33.1 Å². The fourth-order valence-electron chi connectivity index (χ4n) is 0.837. The highest BCUT2D eigenvalue weighted by atomic mass is 32.2. The maximum Gasteiger partial charge on any atom is 0.226 e. The van der Waals surface area contributed by atoms with Crippen LogP contribution >= 0.6 is 11.8 Å². The molecule has 0 atom stereocenters. The molecule has 5 nitrogen and oxygen atoms in total. The number of carbonyl (C=O) groups excluding carboxylic acids is 1. The van der Waals surface area contributed by atoms with Gasteiger partial charge in [-0.15, -0.1) is 0 Å². The number of nitrogens with zero attached hydrogens (tertiary/aromatic N) is 2. The molecule has 0 saturated heterocycles. The van der Waals surface area contributed by atoms with Crippen molar-refractivity contribution in [1.29, 1.82) is 0 Å². The highest BCUT2D eigenvalue weighted by Crippen LogP contribution is 2.01. The molecule has 0 aliphatic rings. The molecule has 1 aromatic rings. The van der Waals surface area contributed by atoms with E-state index in [-0.39, 0.29) is 5.91 Å². The van der Waals surface area contributed by atoms with E-state index in [4.69, 9.17) is 0 Å². The number of aromatic nitrogens is 3. The van der Waals surface area contributed by atoms with Gasteiger partial charge in [0.25, 0.3) is 0 Å². The van der Waals surface area contributed by atoms with Gasteiger partial charge in [-0.3, -0.25) is 10.1 Å². The van der Waals surface area contributed by atoms with E-state index < -0.39 is 0 Å². The highest BCUT2D eigenvalue weighted by Gasteiger charge is 2.02. The minimum absolute atomic E-state index is 0.0224. The number of rotatable bonds is 5. The van der Waals surface area contributed by atoms with E-state index in [1.54, 1.807) is 11.8 Å². The summed E-state index contributed by atoms with van der Waals surface area (Å²) in [5.41, 5.74) is 0. The standard InChI is InChI=1S/C7H12N4OS/c1-13-4-2-3-6(12)10-7-8-5-9-11-7/h5H,2-4H2,1H3,(H2,8,9,10,11,12). The van der Waals surface area contributed by atoms with Gasteiger partial charge in [0, 0.05) is 6.42 Å². The molecule has 0 radical (unpaired) electrons. The lowest BCUT2D eigenvalue weighted by Gasteiger charge is -1.99. The van der Waals surface area contributed by atoms with Gasteiger partial charge in [0.2, 0.25) is 11.9 Å². The van der Waals surface area contributed by atoms with Gasteiger partial charge >= 0.3 is 0 Å². The SMILES string of the molecule is CSCCCC(=O)Nc1ncn[nH]1. The minimum atomic E-state index is -0.0224. The van der Waals surface area contributed by atoms with E-state index in [0.29, 0.717) is 12.4 Å². The summed E-state index contributed by atoms with van der Waals surface area (Å²) < 4.78 is 0.